The normalized spacial score (nSPS) is 20.3. The molecule has 4 heteroatoms. The maximum absolute atomic E-state index is 12.5. The van der Waals surface area contributed by atoms with Gasteiger partial charge in [-0.1, -0.05) is 19.1 Å². The van der Waals surface area contributed by atoms with Crippen LogP contribution in [0.25, 0.3) is 0 Å². The minimum Gasteiger partial charge on any atom is -0.399 e. The Morgan fingerprint density at radius 2 is 2.00 bits per heavy atom. The average molecular weight is 289 g/mol. The van der Waals surface area contributed by atoms with Crippen molar-refractivity contribution in [3.8, 4) is 0 Å². The lowest BCUT2D eigenvalue weighted by molar-refractivity contribution is -0.133. The van der Waals surface area contributed by atoms with Crippen LogP contribution in [-0.2, 0) is 11.2 Å². The SMILES string of the molecule is CCC1CN(C)CCCN1C(=O)CCc1ccc(N)cc1. The highest BCUT2D eigenvalue weighted by molar-refractivity contribution is 5.77. The van der Waals surface area contributed by atoms with Crippen LogP contribution in [0.5, 0.6) is 0 Å². The second kappa shape index (κ2) is 7.46. The van der Waals surface area contributed by atoms with Crippen molar-refractivity contribution < 1.29 is 4.79 Å². The number of benzene rings is 1. The standard InChI is InChI=1S/C17H27N3O/c1-3-16-13-19(2)11-4-12-20(16)17(21)10-7-14-5-8-15(18)9-6-14/h5-6,8-9,16H,3-4,7,10-13,18H2,1-2H3. The van der Waals surface area contributed by atoms with E-state index in [1.807, 2.05) is 24.3 Å². The summed E-state index contributed by atoms with van der Waals surface area (Å²) in [6.45, 7) is 5.13. The van der Waals surface area contributed by atoms with Crippen molar-refractivity contribution in [2.45, 2.75) is 38.6 Å². The zero-order valence-corrected chi connectivity index (χ0v) is 13.2. The molecule has 4 nitrogen and oxygen atoms in total. The molecule has 0 aliphatic carbocycles. The lowest BCUT2D eigenvalue weighted by Crippen LogP contribution is -2.43. The first-order chi connectivity index (χ1) is 10.1. The van der Waals surface area contributed by atoms with E-state index in [0.29, 0.717) is 12.5 Å². The third-order valence-corrected chi connectivity index (χ3v) is 4.30. The number of amides is 1. The van der Waals surface area contributed by atoms with Gasteiger partial charge in [-0.2, -0.15) is 0 Å². The number of carbonyl (C=O) groups is 1. The first kappa shape index (κ1) is 15.8. The monoisotopic (exact) mass is 289 g/mol. The van der Waals surface area contributed by atoms with Gasteiger partial charge in [-0.3, -0.25) is 4.79 Å². The number of anilines is 1. The molecule has 0 radical (unpaired) electrons. The predicted octanol–water partition coefficient (Wildman–Crippen LogP) is 2.14. The Bertz CT molecular complexity index is 458. The molecule has 1 saturated heterocycles. The van der Waals surface area contributed by atoms with Crippen LogP contribution in [-0.4, -0.2) is 48.4 Å². The Morgan fingerprint density at radius 1 is 1.29 bits per heavy atom. The fourth-order valence-electron chi connectivity index (χ4n) is 3.00. The van der Waals surface area contributed by atoms with E-state index in [0.717, 1.165) is 44.6 Å². The summed E-state index contributed by atoms with van der Waals surface area (Å²) in [5, 5.41) is 0. The fourth-order valence-corrected chi connectivity index (χ4v) is 3.00. The van der Waals surface area contributed by atoms with E-state index in [1.54, 1.807) is 0 Å². The Kier molecular flexibility index (Phi) is 5.62. The molecule has 21 heavy (non-hydrogen) atoms. The highest BCUT2D eigenvalue weighted by atomic mass is 16.2. The summed E-state index contributed by atoms with van der Waals surface area (Å²) >= 11 is 0. The molecule has 2 rings (SSSR count). The first-order valence-corrected chi connectivity index (χ1v) is 7.92. The summed E-state index contributed by atoms with van der Waals surface area (Å²) in [7, 11) is 2.14. The number of likely N-dealkylation sites (N-methyl/N-ethyl adjacent to an activating group) is 1. The maximum Gasteiger partial charge on any atom is 0.223 e. The van der Waals surface area contributed by atoms with Gasteiger partial charge in [0.1, 0.15) is 0 Å². The van der Waals surface area contributed by atoms with E-state index in [-0.39, 0.29) is 5.91 Å². The number of hydrogen-bond donors (Lipinski definition) is 1. The molecule has 1 aliphatic heterocycles. The van der Waals surface area contributed by atoms with Gasteiger partial charge in [0.2, 0.25) is 5.91 Å². The molecule has 1 fully saturated rings. The molecule has 0 bridgehead atoms. The van der Waals surface area contributed by atoms with Gasteiger partial charge in [-0.25, -0.2) is 0 Å². The van der Waals surface area contributed by atoms with Crippen molar-refractivity contribution in [3.63, 3.8) is 0 Å². The molecule has 1 atom stereocenters. The molecule has 116 valence electrons. The topological polar surface area (TPSA) is 49.6 Å². The van der Waals surface area contributed by atoms with E-state index in [2.05, 4.69) is 23.8 Å². The number of nitrogen functional groups attached to an aromatic ring is 1. The van der Waals surface area contributed by atoms with Gasteiger partial charge in [0.15, 0.2) is 0 Å². The zero-order chi connectivity index (χ0) is 15.2. The summed E-state index contributed by atoms with van der Waals surface area (Å²) < 4.78 is 0. The Labute approximate surface area is 127 Å². The predicted molar refractivity (Wildman–Crippen MR) is 87.1 cm³/mol. The lowest BCUT2D eigenvalue weighted by Gasteiger charge is -2.30. The smallest absolute Gasteiger partial charge is 0.223 e. The van der Waals surface area contributed by atoms with Gasteiger partial charge in [-0.05, 0) is 50.6 Å². The molecular weight excluding hydrogens is 262 g/mol. The van der Waals surface area contributed by atoms with Crippen LogP contribution in [0.1, 0.15) is 31.7 Å². The summed E-state index contributed by atoms with van der Waals surface area (Å²) in [5.74, 6) is 0.286. The van der Waals surface area contributed by atoms with Crippen LogP contribution in [0.2, 0.25) is 0 Å². The number of rotatable bonds is 4. The second-order valence-electron chi connectivity index (χ2n) is 6.01. The average Bonchev–Trinajstić information content (AvgIpc) is 2.67. The van der Waals surface area contributed by atoms with E-state index in [4.69, 9.17) is 5.73 Å². The van der Waals surface area contributed by atoms with E-state index >= 15 is 0 Å². The van der Waals surface area contributed by atoms with Gasteiger partial charge in [0, 0.05) is 31.2 Å². The van der Waals surface area contributed by atoms with Crippen LogP contribution < -0.4 is 5.73 Å². The lowest BCUT2D eigenvalue weighted by atomic mass is 10.1. The van der Waals surface area contributed by atoms with Crippen LogP contribution in [0, 0.1) is 0 Å². The molecule has 1 aromatic rings. The Hall–Kier alpha value is -1.55. The van der Waals surface area contributed by atoms with Crippen molar-refractivity contribution in [3.05, 3.63) is 29.8 Å². The van der Waals surface area contributed by atoms with Gasteiger partial charge >= 0.3 is 0 Å². The highest BCUT2D eigenvalue weighted by Crippen LogP contribution is 2.15. The quantitative estimate of drug-likeness (QED) is 0.864. The van der Waals surface area contributed by atoms with Crippen molar-refractivity contribution in [1.82, 2.24) is 9.80 Å². The summed E-state index contributed by atoms with van der Waals surface area (Å²) in [6.07, 6.45) is 3.48. The molecule has 1 heterocycles. The molecule has 1 aromatic carbocycles. The minimum absolute atomic E-state index is 0.286. The molecule has 1 amide bonds. The Balaban J connectivity index is 1.93. The summed E-state index contributed by atoms with van der Waals surface area (Å²) in [4.78, 5) is 17.0. The largest absolute Gasteiger partial charge is 0.399 e. The number of nitrogens with two attached hydrogens (primary N) is 1. The molecule has 1 unspecified atom stereocenters. The number of nitrogens with zero attached hydrogens (tertiary/aromatic N) is 2. The fraction of sp³-hybridized carbons (Fsp3) is 0.588. The van der Waals surface area contributed by atoms with Crippen LogP contribution in [0.4, 0.5) is 5.69 Å². The Morgan fingerprint density at radius 3 is 2.67 bits per heavy atom. The molecular formula is C17H27N3O. The van der Waals surface area contributed by atoms with E-state index < -0.39 is 0 Å². The molecule has 0 aromatic heterocycles. The van der Waals surface area contributed by atoms with Crippen molar-refractivity contribution in [1.29, 1.82) is 0 Å². The molecule has 0 saturated carbocycles. The zero-order valence-electron chi connectivity index (χ0n) is 13.2. The number of aryl methyl sites for hydroxylation is 1. The molecule has 1 aliphatic rings. The third-order valence-electron chi connectivity index (χ3n) is 4.30. The summed E-state index contributed by atoms with van der Waals surface area (Å²) in [5.41, 5.74) is 7.63. The highest BCUT2D eigenvalue weighted by Gasteiger charge is 2.25. The maximum atomic E-state index is 12.5. The van der Waals surface area contributed by atoms with Crippen molar-refractivity contribution >= 4 is 11.6 Å². The number of carbonyl (C=O) groups excluding carboxylic acids is 1. The van der Waals surface area contributed by atoms with Gasteiger partial charge < -0.3 is 15.5 Å². The van der Waals surface area contributed by atoms with E-state index in [9.17, 15) is 4.79 Å². The van der Waals surface area contributed by atoms with Crippen molar-refractivity contribution in [2.75, 3.05) is 32.4 Å². The van der Waals surface area contributed by atoms with Crippen LogP contribution in [0.3, 0.4) is 0 Å². The van der Waals surface area contributed by atoms with Crippen LogP contribution >= 0.6 is 0 Å². The molecule has 0 spiro atoms. The number of hydrogen-bond acceptors (Lipinski definition) is 3. The summed E-state index contributed by atoms with van der Waals surface area (Å²) in [6, 6.07) is 8.17. The van der Waals surface area contributed by atoms with Gasteiger partial charge in [0.05, 0.1) is 0 Å². The van der Waals surface area contributed by atoms with Gasteiger partial charge in [-0.15, -0.1) is 0 Å². The van der Waals surface area contributed by atoms with Crippen molar-refractivity contribution in [2.24, 2.45) is 0 Å². The van der Waals surface area contributed by atoms with Gasteiger partial charge in [0.25, 0.3) is 0 Å². The first-order valence-electron chi connectivity index (χ1n) is 7.92. The second-order valence-corrected chi connectivity index (χ2v) is 6.01. The minimum atomic E-state index is 0.286. The third kappa shape index (κ3) is 4.46. The van der Waals surface area contributed by atoms with E-state index in [1.165, 1.54) is 5.56 Å². The molecule has 2 N–H and O–H groups in total. The van der Waals surface area contributed by atoms with Crippen LogP contribution in [0.15, 0.2) is 24.3 Å².